The molecule has 1 N–H and O–H groups in total. The number of nitro groups is 1. The van der Waals surface area contributed by atoms with E-state index in [1.807, 2.05) is 0 Å². The molecule has 0 unspecified atom stereocenters. The number of carbonyl (C=O) groups is 1. The van der Waals surface area contributed by atoms with Crippen LogP contribution >= 0.6 is 11.3 Å². The maximum atomic E-state index is 13.2. The molecule has 1 aromatic heterocycles. The fourth-order valence-electron chi connectivity index (χ4n) is 2.10. The lowest BCUT2D eigenvalue weighted by Crippen LogP contribution is -2.11. The van der Waals surface area contributed by atoms with Gasteiger partial charge in [0.15, 0.2) is 5.13 Å². The highest BCUT2D eigenvalue weighted by molar-refractivity contribution is 7.93. The molecule has 2 aromatic carbocycles. The zero-order valence-electron chi connectivity index (χ0n) is 13.3. The van der Waals surface area contributed by atoms with Gasteiger partial charge in [-0.25, -0.2) is 17.8 Å². The number of hydrogen-bond donors (Lipinski definition) is 1. The molecule has 0 aliphatic carbocycles. The van der Waals surface area contributed by atoms with Crippen LogP contribution in [0, 0.1) is 15.9 Å². The molecule has 0 atom stereocenters. The third kappa shape index (κ3) is 3.99. The van der Waals surface area contributed by atoms with Crippen molar-refractivity contribution in [2.24, 2.45) is 0 Å². The minimum atomic E-state index is -3.95. The van der Waals surface area contributed by atoms with Gasteiger partial charge in [-0.1, -0.05) is 17.4 Å². The molecule has 0 fully saturated rings. The van der Waals surface area contributed by atoms with E-state index in [2.05, 4.69) is 10.3 Å². The Hall–Kier alpha value is -3.18. The van der Waals surface area contributed by atoms with Gasteiger partial charge in [0, 0.05) is 17.7 Å². The summed E-state index contributed by atoms with van der Waals surface area (Å²) in [4.78, 5) is 25.8. The number of nitrogens with zero attached hydrogens (tertiary/aromatic N) is 2. The van der Waals surface area contributed by atoms with Gasteiger partial charge in [-0.2, -0.15) is 0 Å². The van der Waals surface area contributed by atoms with Crippen molar-refractivity contribution in [1.82, 2.24) is 4.98 Å². The fourth-order valence-corrected chi connectivity index (χ4v) is 4.53. The monoisotopic (exact) mass is 407 g/mol. The van der Waals surface area contributed by atoms with Crippen LogP contribution in [0.15, 0.2) is 63.8 Å². The van der Waals surface area contributed by atoms with Crippen LogP contribution in [0.3, 0.4) is 0 Å². The zero-order valence-corrected chi connectivity index (χ0v) is 15.0. The van der Waals surface area contributed by atoms with E-state index in [0.717, 1.165) is 36.5 Å². The van der Waals surface area contributed by atoms with Crippen molar-refractivity contribution in [2.45, 2.75) is 9.10 Å². The van der Waals surface area contributed by atoms with Gasteiger partial charge in [-0.15, -0.1) is 0 Å². The van der Waals surface area contributed by atoms with Crippen molar-refractivity contribution in [3.63, 3.8) is 0 Å². The molecule has 0 aliphatic rings. The summed E-state index contributed by atoms with van der Waals surface area (Å²) in [7, 11) is -3.95. The van der Waals surface area contributed by atoms with Gasteiger partial charge in [0.2, 0.25) is 9.84 Å². The smallest absolute Gasteiger partial charge is 0.269 e. The molecule has 0 saturated carbocycles. The topological polar surface area (TPSA) is 119 Å². The van der Waals surface area contributed by atoms with E-state index in [0.29, 0.717) is 11.3 Å². The van der Waals surface area contributed by atoms with E-state index in [9.17, 15) is 27.7 Å². The number of halogens is 1. The Morgan fingerprint density at radius 2 is 1.89 bits per heavy atom. The number of nitro benzene ring substituents is 1. The molecule has 8 nitrogen and oxygen atoms in total. The molecule has 0 spiro atoms. The van der Waals surface area contributed by atoms with E-state index in [-0.39, 0.29) is 25.5 Å². The summed E-state index contributed by atoms with van der Waals surface area (Å²) in [5.74, 6) is -1.22. The Kier molecular flexibility index (Phi) is 4.97. The molecule has 0 aliphatic heterocycles. The Bertz CT molecular complexity index is 1130. The molecule has 138 valence electrons. The van der Waals surface area contributed by atoms with Crippen LogP contribution < -0.4 is 5.32 Å². The van der Waals surface area contributed by atoms with Gasteiger partial charge < -0.3 is 0 Å². The van der Waals surface area contributed by atoms with Crippen molar-refractivity contribution < 1.29 is 22.5 Å². The summed E-state index contributed by atoms with van der Waals surface area (Å²) in [6.45, 7) is 0. The lowest BCUT2D eigenvalue weighted by atomic mass is 10.2. The third-order valence-electron chi connectivity index (χ3n) is 3.41. The molecule has 27 heavy (non-hydrogen) atoms. The predicted octanol–water partition coefficient (Wildman–Crippen LogP) is 3.28. The number of non-ortho nitro benzene ring substituents is 1. The molecular formula is C16H10FN3O5S2. The fraction of sp³-hybridized carbons (Fsp3) is 0. The van der Waals surface area contributed by atoms with Gasteiger partial charge in [0.25, 0.3) is 11.6 Å². The van der Waals surface area contributed by atoms with Crippen molar-refractivity contribution in [3.05, 3.63) is 76.2 Å². The zero-order chi connectivity index (χ0) is 19.6. The highest BCUT2D eigenvalue weighted by atomic mass is 32.2. The van der Waals surface area contributed by atoms with Gasteiger partial charge in [0.05, 0.1) is 16.0 Å². The van der Waals surface area contributed by atoms with Crippen molar-refractivity contribution in [3.8, 4) is 0 Å². The second-order valence-corrected chi connectivity index (χ2v) is 8.41. The third-order valence-corrected chi connectivity index (χ3v) is 6.56. The summed E-state index contributed by atoms with van der Waals surface area (Å²) in [5, 5.41) is 13.1. The summed E-state index contributed by atoms with van der Waals surface area (Å²) in [6.07, 6.45) is 1.07. The first-order chi connectivity index (χ1) is 12.8. The van der Waals surface area contributed by atoms with Gasteiger partial charge in [0.1, 0.15) is 10.0 Å². The largest absolute Gasteiger partial charge is 0.298 e. The molecule has 1 heterocycles. The van der Waals surface area contributed by atoms with Crippen molar-refractivity contribution in [1.29, 1.82) is 0 Å². The lowest BCUT2D eigenvalue weighted by molar-refractivity contribution is -0.384. The molecule has 1 amide bonds. The summed E-state index contributed by atoms with van der Waals surface area (Å²) in [5.41, 5.74) is -0.175. The molecule has 0 saturated heterocycles. The van der Waals surface area contributed by atoms with Gasteiger partial charge in [-0.3, -0.25) is 20.2 Å². The lowest BCUT2D eigenvalue weighted by Gasteiger charge is -2.02. The molecule has 0 bridgehead atoms. The van der Waals surface area contributed by atoms with Gasteiger partial charge >= 0.3 is 0 Å². The number of hydrogen-bond acceptors (Lipinski definition) is 7. The molecule has 3 aromatic rings. The maximum Gasteiger partial charge on any atom is 0.269 e. The normalized spacial score (nSPS) is 11.1. The standard InChI is InChI=1S/C16H10FN3O5S2/c17-11-3-1-2-10(8-11)15(21)19-16-18-9-14(26-16)27(24,25)13-6-4-12(5-7-13)20(22)23/h1-9H,(H,18,19,21). The number of aromatic nitrogens is 1. The maximum absolute atomic E-state index is 13.2. The Morgan fingerprint density at radius 1 is 1.19 bits per heavy atom. The molecule has 3 rings (SSSR count). The summed E-state index contributed by atoms with van der Waals surface area (Å²) in [6, 6.07) is 9.42. The Balaban J connectivity index is 1.82. The van der Waals surface area contributed by atoms with Crippen molar-refractivity contribution in [2.75, 3.05) is 5.32 Å². The highest BCUT2D eigenvalue weighted by Crippen LogP contribution is 2.29. The van der Waals surface area contributed by atoms with Crippen LogP contribution in [0.4, 0.5) is 15.2 Å². The minimum absolute atomic E-state index is 0.0183. The van der Waals surface area contributed by atoms with E-state index in [1.54, 1.807) is 0 Å². The number of nitrogens with one attached hydrogen (secondary N) is 1. The van der Waals surface area contributed by atoms with Crippen LogP contribution in [0.25, 0.3) is 0 Å². The van der Waals surface area contributed by atoms with E-state index in [4.69, 9.17) is 0 Å². The first-order valence-electron chi connectivity index (χ1n) is 7.29. The van der Waals surface area contributed by atoms with Crippen LogP contribution in [-0.2, 0) is 9.84 Å². The second kappa shape index (κ2) is 7.21. The van der Waals surface area contributed by atoms with Crippen LogP contribution in [0.1, 0.15) is 10.4 Å². The number of sulfone groups is 1. The van der Waals surface area contributed by atoms with Crippen LogP contribution in [0.2, 0.25) is 0 Å². The average molecular weight is 407 g/mol. The van der Waals surface area contributed by atoms with Crippen LogP contribution in [-0.4, -0.2) is 24.2 Å². The van der Waals surface area contributed by atoms with E-state index in [1.165, 1.54) is 18.2 Å². The number of thiazole rings is 1. The van der Waals surface area contributed by atoms with Crippen molar-refractivity contribution >= 4 is 37.9 Å². The minimum Gasteiger partial charge on any atom is -0.298 e. The first kappa shape index (κ1) is 18.6. The Labute approximate surface area is 156 Å². The van der Waals surface area contributed by atoms with E-state index >= 15 is 0 Å². The summed E-state index contributed by atoms with van der Waals surface area (Å²) >= 11 is 0.714. The average Bonchev–Trinajstić information content (AvgIpc) is 3.11. The Morgan fingerprint density at radius 3 is 2.52 bits per heavy atom. The molecule has 11 heteroatoms. The number of anilines is 1. The quantitative estimate of drug-likeness (QED) is 0.512. The second-order valence-electron chi connectivity index (χ2n) is 5.20. The number of amides is 1. The van der Waals surface area contributed by atoms with Crippen LogP contribution in [0.5, 0.6) is 0 Å². The molecular weight excluding hydrogens is 397 g/mol. The van der Waals surface area contributed by atoms with E-state index < -0.39 is 26.5 Å². The number of benzene rings is 2. The molecule has 0 radical (unpaired) electrons. The summed E-state index contributed by atoms with van der Waals surface area (Å²) < 4.78 is 38.2. The first-order valence-corrected chi connectivity index (χ1v) is 9.59. The van der Waals surface area contributed by atoms with Gasteiger partial charge in [-0.05, 0) is 30.3 Å². The predicted molar refractivity (Wildman–Crippen MR) is 95.0 cm³/mol. The highest BCUT2D eigenvalue weighted by Gasteiger charge is 2.22. The SMILES string of the molecule is O=C(Nc1ncc(S(=O)(=O)c2ccc([N+](=O)[O-])cc2)s1)c1cccc(F)c1. The number of carbonyl (C=O) groups excluding carboxylic acids is 1. The number of rotatable bonds is 5.